The Balaban J connectivity index is 1.52. The minimum Gasteiger partial charge on any atom is -0.434 e. The van der Waals surface area contributed by atoms with Gasteiger partial charge in [-0.25, -0.2) is 14.4 Å². The number of para-hydroxylation sites is 1. The number of alkyl halides is 2. The van der Waals surface area contributed by atoms with E-state index in [0.717, 1.165) is 17.8 Å². The number of hydrogen-bond donors (Lipinski definition) is 0. The number of aromatic nitrogens is 3. The fourth-order valence-corrected chi connectivity index (χ4v) is 4.88. The molecule has 8 heteroatoms. The van der Waals surface area contributed by atoms with Crippen molar-refractivity contribution in [2.24, 2.45) is 5.92 Å². The molecule has 0 saturated heterocycles. The van der Waals surface area contributed by atoms with Crippen molar-refractivity contribution in [1.82, 2.24) is 14.5 Å². The molecule has 0 spiro atoms. The number of halogens is 3. The summed E-state index contributed by atoms with van der Waals surface area (Å²) in [6.45, 7) is -2.92. The largest absolute Gasteiger partial charge is 0.434 e. The van der Waals surface area contributed by atoms with Gasteiger partial charge in [0.25, 0.3) is 0 Å². The molecular weight excluding hydrogens is 417 g/mol. The Hall–Kier alpha value is -3.86. The Labute approximate surface area is 180 Å². The molecule has 0 unspecified atom stereocenters. The fourth-order valence-electron chi connectivity index (χ4n) is 4.88. The van der Waals surface area contributed by atoms with Crippen LogP contribution in [0.15, 0.2) is 54.7 Å². The molecule has 0 amide bonds. The van der Waals surface area contributed by atoms with Crippen LogP contribution in [0.2, 0.25) is 0 Å². The van der Waals surface area contributed by atoms with Crippen LogP contribution in [0.25, 0.3) is 22.2 Å². The van der Waals surface area contributed by atoms with Crippen LogP contribution < -0.4 is 4.74 Å². The van der Waals surface area contributed by atoms with E-state index in [4.69, 9.17) is 10.00 Å². The van der Waals surface area contributed by atoms with E-state index in [2.05, 4.69) is 9.97 Å². The van der Waals surface area contributed by atoms with Crippen molar-refractivity contribution in [2.75, 3.05) is 0 Å². The van der Waals surface area contributed by atoms with Crippen LogP contribution >= 0.6 is 0 Å². The van der Waals surface area contributed by atoms with Gasteiger partial charge >= 0.3 is 6.61 Å². The van der Waals surface area contributed by atoms with Crippen molar-refractivity contribution in [2.45, 2.75) is 25.0 Å². The van der Waals surface area contributed by atoms with E-state index in [9.17, 15) is 13.2 Å². The third-order valence-corrected chi connectivity index (χ3v) is 6.30. The molecule has 6 rings (SSSR count). The van der Waals surface area contributed by atoms with Crippen LogP contribution in [-0.4, -0.2) is 21.1 Å². The summed E-state index contributed by atoms with van der Waals surface area (Å²) < 4.78 is 47.8. The first kappa shape index (κ1) is 18.9. The zero-order valence-corrected chi connectivity index (χ0v) is 16.5. The average molecular weight is 432 g/mol. The summed E-state index contributed by atoms with van der Waals surface area (Å²) in [5.41, 5.74) is 3.05. The predicted octanol–water partition coefficient (Wildman–Crippen LogP) is 5.42. The molecule has 158 valence electrons. The van der Waals surface area contributed by atoms with Gasteiger partial charge in [-0.15, -0.1) is 0 Å². The van der Waals surface area contributed by atoms with Gasteiger partial charge in [-0.05, 0) is 36.6 Å². The van der Waals surface area contributed by atoms with Crippen LogP contribution in [0, 0.1) is 23.1 Å². The SMILES string of the molecule is N#Cc1ccc(-c2cc3c(cc2F)nc2n3[C@@H](c3ccccc3OC(F)F)[C@H]3C[C@@H]23)cn1. The number of rotatable bonds is 4. The Morgan fingerprint density at radius 1 is 1.16 bits per heavy atom. The molecule has 2 aliphatic rings. The number of nitriles is 1. The molecule has 3 heterocycles. The van der Waals surface area contributed by atoms with Crippen molar-refractivity contribution in [3.8, 4) is 22.9 Å². The zero-order valence-electron chi connectivity index (χ0n) is 16.5. The highest BCUT2D eigenvalue weighted by molar-refractivity contribution is 5.84. The summed E-state index contributed by atoms with van der Waals surface area (Å²) in [6.07, 6.45) is 2.37. The Morgan fingerprint density at radius 2 is 2.00 bits per heavy atom. The average Bonchev–Trinajstić information content (AvgIpc) is 3.39. The molecule has 2 aromatic heterocycles. The zero-order chi connectivity index (χ0) is 22.0. The lowest BCUT2D eigenvalue weighted by molar-refractivity contribution is -0.0507. The maximum Gasteiger partial charge on any atom is 0.387 e. The lowest BCUT2D eigenvalue weighted by atomic mass is 10.0. The third-order valence-electron chi connectivity index (χ3n) is 6.30. The van der Waals surface area contributed by atoms with Crippen molar-refractivity contribution in [3.63, 3.8) is 0 Å². The summed E-state index contributed by atoms with van der Waals surface area (Å²) in [7, 11) is 0. The van der Waals surface area contributed by atoms with Gasteiger partial charge in [0.1, 0.15) is 29.2 Å². The molecule has 0 N–H and O–H groups in total. The first-order chi connectivity index (χ1) is 15.5. The van der Waals surface area contributed by atoms with Crippen molar-refractivity contribution < 1.29 is 17.9 Å². The van der Waals surface area contributed by atoms with Gasteiger partial charge in [0, 0.05) is 34.9 Å². The molecule has 4 aromatic rings. The van der Waals surface area contributed by atoms with Gasteiger partial charge in [-0.3, -0.25) is 0 Å². The Kier molecular flexibility index (Phi) is 4.02. The highest BCUT2D eigenvalue weighted by Crippen LogP contribution is 2.63. The molecule has 5 nitrogen and oxygen atoms in total. The van der Waals surface area contributed by atoms with E-state index >= 15 is 0 Å². The normalized spacial score (nSPS) is 20.8. The molecule has 0 bridgehead atoms. The molecule has 1 saturated carbocycles. The smallest absolute Gasteiger partial charge is 0.387 e. The lowest BCUT2D eigenvalue weighted by Gasteiger charge is -2.21. The molecule has 1 aliphatic carbocycles. The summed E-state index contributed by atoms with van der Waals surface area (Å²) in [4.78, 5) is 8.72. The van der Waals surface area contributed by atoms with Crippen molar-refractivity contribution in [1.29, 1.82) is 5.26 Å². The van der Waals surface area contributed by atoms with E-state index in [0.29, 0.717) is 22.2 Å². The number of imidazole rings is 1. The summed E-state index contributed by atoms with van der Waals surface area (Å²) in [6, 6.07) is 14.8. The van der Waals surface area contributed by atoms with E-state index in [-0.39, 0.29) is 29.3 Å². The quantitative estimate of drug-likeness (QED) is 0.432. The highest BCUT2D eigenvalue weighted by Gasteiger charge is 2.55. The van der Waals surface area contributed by atoms with E-state index < -0.39 is 12.4 Å². The van der Waals surface area contributed by atoms with Crippen LogP contribution in [0.3, 0.4) is 0 Å². The van der Waals surface area contributed by atoms with Gasteiger partial charge in [0.2, 0.25) is 0 Å². The van der Waals surface area contributed by atoms with Crippen LogP contribution in [0.4, 0.5) is 13.2 Å². The molecule has 0 radical (unpaired) electrons. The van der Waals surface area contributed by atoms with Crippen LogP contribution in [-0.2, 0) is 0 Å². The second kappa shape index (κ2) is 6.82. The Morgan fingerprint density at radius 3 is 2.75 bits per heavy atom. The second-order valence-corrected chi connectivity index (χ2v) is 8.07. The monoisotopic (exact) mass is 432 g/mol. The van der Waals surface area contributed by atoms with E-state index in [1.165, 1.54) is 18.3 Å². The fraction of sp³-hybridized carbons (Fsp3) is 0.208. The van der Waals surface area contributed by atoms with Gasteiger partial charge < -0.3 is 9.30 Å². The minimum absolute atomic E-state index is 0.145. The van der Waals surface area contributed by atoms with Crippen molar-refractivity contribution in [3.05, 3.63) is 77.6 Å². The second-order valence-electron chi connectivity index (χ2n) is 8.07. The first-order valence-corrected chi connectivity index (χ1v) is 10.2. The highest BCUT2D eigenvalue weighted by atomic mass is 19.3. The number of ether oxygens (including phenoxy) is 1. The standard InChI is InChI=1S/C24H15F3N4O/c25-18-9-19-20(8-15(18)12-5-6-13(10-28)29-11-12)31-22(16-7-17(16)23(31)30-19)14-3-1-2-4-21(14)32-24(26)27/h1-6,8-9,11,16-17,22,24H,7H2/t16-,17+,22-/m0/s1. The number of benzene rings is 2. The molecule has 3 atom stereocenters. The van der Waals surface area contributed by atoms with Crippen molar-refractivity contribution >= 4 is 11.0 Å². The topological polar surface area (TPSA) is 63.7 Å². The van der Waals surface area contributed by atoms with Gasteiger partial charge in [-0.1, -0.05) is 18.2 Å². The summed E-state index contributed by atoms with van der Waals surface area (Å²) >= 11 is 0. The first-order valence-electron chi connectivity index (χ1n) is 10.2. The molecule has 32 heavy (non-hydrogen) atoms. The number of pyridine rings is 1. The summed E-state index contributed by atoms with van der Waals surface area (Å²) in [5.74, 6) is 1.01. The Bertz CT molecular complexity index is 1410. The third kappa shape index (κ3) is 2.78. The molecule has 1 aliphatic heterocycles. The minimum atomic E-state index is -2.92. The number of nitrogens with zero attached hydrogens (tertiary/aromatic N) is 4. The lowest BCUT2D eigenvalue weighted by Crippen LogP contribution is -2.13. The van der Waals surface area contributed by atoms with E-state index in [1.54, 1.807) is 36.4 Å². The summed E-state index contributed by atoms with van der Waals surface area (Å²) in [5, 5.41) is 8.96. The molecule has 1 fully saturated rings. The molecular formula is C24H15F3N4O. The number of hydrogen-bond acceptors (Lipinski definition) is 4. The van der Waals surface area contributed by atoms with Crippen LogP contribution in [0.5, 0.6) is 5.75 Å². The van der Waals surface area contributed by atoms with E-state index in [1.807, 2.05) is 10.6 Å². The van der Waals surface area contributed by atoms with Gasteiger partial charge in [-0.2, -0.15) is 14.0 Å². The van der Waals surface area contributed by atoms with Gasteiger partial charge in [0.05, 0.1) is 17.1 Å². The maximum absolute atomic E-state index is 14.9. The maximum atomic E-state index is 14.9. The number of fused-ring (bicyclic) bond motifs is 5. The predicted molar refractivity (Wildman–Crippen MR) is 110 cm³/mol. The van der Waals surface area contributed by atoms with Crippen LogP contribution in [0.1, 0.15) is 35.5 Å². The molecule has 2 aromatic carbocycles. The van der Waals surface area contributed by atoms with Gasteiger partial charge in [0.15, 0.2) is 0 Å².